The number of carbonyl (C=O) groups is 1. The molecule has 2 unspecified atom stereocenters. The van der Waals surface area contributed by atoms with E-state index in [2.05, 4.69) is 53.0 Å². The van der Waals surface area contributed by atoms with Crippen molar-refractivity contribution >= 4 is 22.2 Å². The van der Waals surface area contributed by atoms with Gasteiger partial charge in [-0.1, -0.05) is 11.3 Å². The van der Waals surface area contributed by atoms with Crippen LogP contribution in [0.1, 0.15) is 37.5 Å². The van der Waals surface area contributed by atoms with Gasteiger partial charge in [0.25, 0.3) is 0 Å². The number of piperazine rings is 1. The summed E-state index contributed by atoms with van der Waals surface area (Å²) in [5.41, 5.74) is 0. The molecule has 3 rings (SSSR count). The van der Waals surface area contributed by atoms with Crippen molar-refractivity contribution in [3.05, 3.63) is 10.8 Å². The second-order valence-corrected chi connectivity index (χ2v) is 8.87. The van der Waals surface area contributed by atoms with Crippen LogP contribution >= 0.6 is 11.3 Å². The van der Waals surface area contributed by atoms with Crippen LogP contribution in [-0.2, 0) is 11.2 Å². The van der Waals surface area contributed by atoms with Crippen molar-refractivity contribution in [1.82, 2.24) is 34.5 Å². The molecule has 1 fully saturated rings. The molecule has 1 aliphatic heterocycles. The molecule has 1 amide bonds. The normalized spacial score (nSPS) is 21.5. The molecule has 2 aromatic rings. The minimum atomic E-state index is 0.226. The first-order valence-electron chi connectivity index (χ1n) is 9.71. The Labute approximate surface area is 165 Å². The number of rotatable bonds is 7. The van der Waals surface area contributed by atoms with Gasteiger partial charge in [0.05, 0.1) is 0 Å². The molecule has 2 atom stereocenters. The Kier molecular flexibility index (Phi) is 6.44. The molecule has 1 saturated heterocycles. The quantitative estimate of drug-likeness (QED) is 0.706. The number of aryl methyl sites for hydroxylation is 2. The third-order valence-corrected chi connectivity index (χ3v) is 6.18. The van der Waals surface area contributed by atoms with Crippen molar-refractivity contribution in [3.63, 3.8) is 0 Å². The van der Waals surface area contributed by atoms with Crippen molar-refractivity contribution in [1.29, 1.82) is 0 Å². The van der Waals surface area contributed by atoms with E-state index in [1.54, 1.807) is 4.52 Å². The second kappa shape index (κ2) is 8.62. The molecular weight excluding hydrogens is 362 g/mol. The zero-order valence-electron chi connectivity index (χ0n) is 17.1. The van der Waals surface area contributed by atoms with Crippen LogP contribution in [0.15, 0.2) is 0 Å². The highest BCUT2D eigenvalue weighted by Gasteiger charge is 2.31. The summed E-state index contributed by atoms with van der Waals surface area (Å²) < 4.78 is 1.75. The van der Waals surface area contributed by atoms with Crippen molar-refractivity contribution in [3.8, 4) is 0 Å². The van der Waals surface area contributed by atoms with Crippen LogP contribution in [0.2, 0.25) is 0 Å². The number of aromatic nitrogens is 4. The number of amides is 1. The highest BCUT2D eigenvalue weighted by Crippen LogP contribution is 2.19. The predicted molar refractivity (Wildman–Crippen MR) is 107 cm³/mol. The molecule has 0 radical (unpaired) electrons. The average molecular weight is 394 g/mol. The maximum absolute atomic E-state index is 12.7. The van der Waals surface area contributed by atoms with Crippen LogP contribution < -0.4 is 0 Å². The van der Waals surface area contributed by atoms with Gasteiger partial charge in [-0.25, -0.2) is 0 Å². The van der Waals surface area contributed by atoms with Gasteiger partial charge in [0.15, 0.2) is 5.82 Å². The predicted octanol–water partition coefficient (Wildman–Crippen LogP) is 1.30. The number of carbonyl (C=O) groups excluding carboxylic acids is 1. The molecule has 2 aromatic heterocycles. The Balaban J connectivity index is 1.50. The lowest BCUT2D eigenvalue weighted by molar-refractivity contribution is -0.135. The van der Waals surface area contributed by atoms with E-state index in [1.165, 1.54) is 11.3 Å². The Hall–Kier alpha value is -1.58. The molecular formula is C18H31N7OS. The van der Waals surface area contributed by atoms with E-state index in [4.69, 9.17) is 0 Å². The Bertz CT molecular complexity index is 759. The third kappa shape index (κ3) is 4.83. The van der Waals surface area contributed by atoms with E-state index in [0.29, 0.717) is 24.9 Å². The lowest BCUT2D eigenvalue weighted by Gasteiger charge is -2.44. The van der Waals surface area contributed by atoms with Gasteiger partial charge < -0.3 is 9.80 Å². The minimum Gasteiger partial charge on any atom is -0.340 e. The smallest absolute Gasteiger partial charge is 0.234 e. The number of hydrogen-bond acceptors (Lipinski definition) is 7. The largest absolute Gasteiger partial charge is 0.340 e. The molecule has 0 saturated carbocycles. The molecule has 0 bridgehead atoms. The van der Waals surface area contributed by atoms with Crippen LogP contribution in [0.25, 0.3) is 4.96 Å². The molecule has 0 N–H and O–H groups in total. The van der Waals surface area contributed by atoms with E-state index in [-0.39, 0.29) is 5.91 Å². The summed E-state index contributed by atoms with van der Waals surface area (Å²) in [6, 6.07) is 0.800. The maximum Gasteiger partial charge on any atom is 0.234 e. The summed E-state index contributed by atoms with van der Waals surface area (Å²) in [4.78, 5) is 20.3. The van der Waals surface area contributed by atoms with Gasteiger partial charge in [-0.2, -0.15) is 9.61 Å². The van der Waals surface area contributed by atoms with Crippen LogP contribution in [0.4, 0.5) is 0 Å². The van der Waals surface area contributed by atoms with Crippen molar-refractivity contribution in [2.24, 2.45) is 0 Å². The highest BCUT2D eigenvalue weighted by atomic mass is 32.1. The van der Waals surface area contributed by atoms with Gasteiger partial charge in [-0.15, -0.1) is 10.2 Å². The first kappa shape index (κ1) is 20.2. The third-order valence-electron chi connectivity index (χ3n) is 5.22. The Morgan fingerprint density at radius 3 is 2.56 bits per heavy atom. The van der Waals surface area contributed by atoms with E-state index in [9.17, 15) is 4.79 Å². The van der Waals surface area contributed by atoms with Gasteiger partial charge in [0.2, 0.25) is 10.9 Å². The summed E-state index contributed by atoms with van der Waals surface area (Å²) in [5, 5.41) is 13.5. The molecule has 0 spiro atoms. The van der Waals surface area contributed by atoms with E-state index >= 15 is 0 Å². The Morgan fingerprint density at radius 2 is 1.93 bits per heavy atom. The van der Waals surface area contributed by atoms with E-state index < -0.39 is 0 Å². The average Bonchev–Trinajstić information content (AvgIpc) is 3.16. The summed E-state index contributed by atoms with van der Waals surface area (Å²) in [7, 11) is 4.22. The second-order valence-electron chi connectivity index (χ2n) is 7.83. The Morgan fingerprint density at radius 1 is 1.22 bits per heavy atom. The molecule has 0 aromatic carbocycles. The topological polar surface area (TPSA) is 69.9 Å². The molecule has 27 heavy (non-hydrogen) atoms. The SMILES string of the molecule is Cc1nnc2sc(CCC(=O)N3CC(C)N(CCCN(C)C)C(C)C3)nn12. The monoisotopic (exact) mass is 393 g/mol. The summed E-state index contributed by atoms with van der Waals surface area (Å²) in [6.45, 7) is 10.2. The minimum absolute atomic E-state index is 0.226. The fraction of sp³-hybridized carbons (Fsp3) is 0.778. The van der Waals surface area contributed by atoms with Crippen molar-refractivity contribution in [2.45, 2.75) is 52.1 Å². The van der Waals surface area contributed by atoms with Crippen LogP contribution in [-0.4, -0.2) is 92.8 Å². The lowest BCUT2D eigenvalue weighted by atomic mass is 10.1. The van der Waals surface area contributed by atoms with Gasteiger partial charge in [0, 0.05) is 44.6 Å². The van der Waals surface area contributed by atoms with Gasteiger partial charge in [0.1, 0.15) is 5.01 Å². The molecule has 8 nitrogen and oxygen atoms in total. The van der Waals surface area contributed by atoms with Gasteiger partial charge in [-0.3, -0.25) is 9.69 Å². The first-order chi connectivity index (χ1) is 12.8. The van der Waals surface area contributed by atoms with Gasteiger partial charge in [-0.05, 0) is 47.8 Å². The number of hydrogen-bond donors (Lipinski definition) is 0. The molecule has 1 aliphatic rings. The zero-order valence-corrected chi connectivity index (χ0v) is 17.9. The molecule has 150 valence electrons. The maximum atomic E-state index is 12.7. The molecule has 9 heteroatoms. The fourth-order valence-electron chi connectivity index (χ4n) is 3.80. The van der Waals surface area contributed by atoms with E-state index in [1.807, 2.05) is 11.8 Å². The van der Waals surface area contributed by atoms with Gasteiger partial charge >= 0.3 is 0 Å². The molecule has 3 heterocycles. The van der Waals surface area contributed by atoms with Crippen LogP contribution in [0.5, 0.6) is 0 Å². The summed E-state index contributed by atoms with van der Waals surface area (Å²) >= 11 is 1.51. The van der Waals surface area contributed by atoms with Crippen molar-refractivity contribution < 1.29 is 4.79 Å². The number of fused-ring (bicyclic) bond motifs is 1. The first-order valence-corrected chi connectivity index (χ1v) is 10.5. The fourth-order valence-corrected chi connectivity index (χ4v) is 4.68. The van der Waals surface area contributed by atoms with E-state index in [0.717, 1.165) is 48.4 Å². The van der Waals surface area contributed by atoms with Crippen LogP contribution in [0, 0.1) is 6.92 Å². The molecule has 0 aliphatic carbocycles. The standard InChI is InChI=1S/C18H31N7OS/c1-13-11-23(12-14(2)24(13)10-6-9-22(4)5)17(26)8-7-16-21-25-15(3)19-20-18(25)27-16/h13-14H,6-12H2,1-5H3. The summed E-state index contributed by atoms with van der Waals surface area (Å²) in [5.74, 6) is 1.01. The van der Waals surface area contributed by atoms with Crippen molar-refractivity contribution in [2.75, 3.05) is 40.3 Å². The number of nitrogens with zero attached hydrogens (tertiary/aromatic N) is 7. The lowest BCUT2D eigenvalue weighted by Crippen LogP contribution is -2.58. The zero-order chi connectivity index (χ0) is 19.6. The summed E-state index contributed by atoms with van der Waals surface area (Å²) in [6.07, 6.45) is 2.33. The van der Waals surface area contributed by atoms with Crippen LogP contribution in [0.3, 0.4) is 0 Å². The highest BCUT2D eigenvalue weighted by molar-refractivity contribution is 7.16.